The van der Waals surface area contributed by atoms with Crippen molar-refractivity contribution < 1.29 is 14.3 Å². The first-order chi connectivity index (χ1) is 15.7. The number of amides is 2. The molecule has 0 unspecified atom stereocenters. The second kappa shape index (κ2) is 10.7. The molecule has 32 heavy (non-hydrogen) atoms. The highest BCUT2D eigenvalue weighted by Gasteiger charge is 2.22. The monoisotopic (exact) mass is 428 g/mol. The lowest BCUT2D eigenvalue weighted by Crippen LogP contribution is -2.36. The molecule has 2 amide bonds. The van der Waals surface area contributed by atoms with E-state index in [9.17, 15) is 9.59 Å². The summed E-state index contributed by atoms with van der Waals surface area (Å²) in [5, 5.41) is 2.88. The van der Waals surface area contributed by atoms with Gasteiger partial charge in [-0.05, 0) is 42.5 Å². The first kappa shape index (κ1) is 21.8. The van der Waals surface area contributed by atoms with Crippen LogP contribution in [-0.4, -0.2) is 36.4 Å². The van der Waals surface area contributed by atoms with Crippen LogP contribution in [-0.2, 0) is 9.53 Å². The smallest absolute Gasteiger partial charge is 0.255 e. The van der Waals surface area contributed by atoms with Crippen LogP contribution in [0.2, 0.25) is 0 Å². The minimum absolute atomic E-state index is 0.0343. The molecule has 1 fully saturated rings. The minimum Gasteiger partial charge on any atom is -0.359 e. The molecule has 5 nitrogen and oxygen atoms in total. The van der Waals surface area contributed by atoms with Crippen molar-refractivity contribution in [2.24, 2.45) is 0 Å². The van der Waals surface area contributed by atoms with Crippen LogP contribution >= 0.6 is 0 Å². The Morgan fingerprint density at radius 2 is 1.34 bits per heavy atom. The molecule has 1 saturated heterocycles. The van der Waals surface area contributed by atoms with E-state index >= 15 is 0 Å². The molecule has 0 aliphatic carbocycles. The molecule has 4 rings (SSSR count). The Kier molecular flexibility index (Phi) is 7.31. The van der Waals surface area contributed by atoms with Crippen LogP contribution in [0.15, 0.2) is 84.9 Å². The zero-order valence-corrected chi connectivity index (χ0v) is 18.1. The molecule has 5 heteroatoms. The number of piperidine rings is 1. The van der Waals surface area contributed by atoms with Crippen molar-refractivity contribution in [3.8, 4) is 0 Å². The number of carbonyl (C=O) groups is 2. The maximum atomic E-state index is 13.0. The fourth-order valence-electron chi connectivity index (χ4n) is 4.03. The van der Waals surface area contributed by atoms with Gasteiger partial charge in [0.1, 0.15) is 12.7 Å². The van der Waals surface area contributed by atoms with Crippen molar-refractivity contribution in [1.82, 2.24) is 4.90 Å². The molecule has 3 aromatic carbocycles. The van der Waals surface area contributed by atoms with Crippen molar-refractivity contribution in [3.63, 3.8) is 0 Å². The average molecular weight is 429 g/mol. The number of para-hydroxylation sites is 1. The number of hydrogen-bond donors (Lipinski definition) is 1. The van der Waals surface area contributed by atoms with Gasteiger partial charge >= 0.3 is 0 Å². The van der Waals surface area contributed by atoms with Gasteiger partial charge in [-0.15, -0.1) is 0 Å². The third-order valence-electron chi connectivity index (χ3n) is 5.66. The molecule has 0 saturated carbocycles. The van der Waals surface area contributed by atoms with E-state index in [0.717, 1.165) is 43.5 Å². The summed E-state index contributed by atoms with van der Waals surface area (Å²) in [6.07, 6.45) is 2.85. The van der Waals surface area contributed by atoms with E-state index in [1.54, 1.807) is 12.1 Å². The number of likely N-dealkylation sites (tertiary alicyclic amines) is 1. The number of rotatable bonds is 7. The zero-order valence-electron chi connectivity index (χ0n) is 18.1. The average Bonchev–Trinajstić information content (AvgIpc) is 2.86. The van der Waals surface area contributed by atoms with E-state index in [0.29, 0.717) is 11.3 Å². The van der Waals surface area contributed by atoms with Gasteiger partial charge in [-0.25, -0.2) is 0 Å². The Morgan fingerprint density at radius 3 is 1.97 bits per heavy atom. The second-order valence-corrected chi connectivity index (χ2v) is 7.96. The minimum atomic E-state index is -0.353. The summed E-state index contributed by atoms with van der Waals surface area (Å²) in [5.41, 5.74) is 3.00. The SMILES string of the molecule is O=C(COC(c1ccccc1)c1ccccc1)Nc1ccccc1C(=O)N1CCCCC1. The lowest BCUT2D eigenvalue weighted by molar-refractivity contribution is -0.121. The lowest BCUT2D eigenvalue weighted by Gasteiger charge is -2.27. The summed E-state index contributed by atoms with van der Waals surface area (Å²) < 4.78 is 6.06. The third kappa shape index (κ3) is 5.42. The van der Waals surface area contributed by atoms with Gasteiger partial charge in [0.05, 0.1) is 11.3 Å². The molecule has 1 heterocycles. The van der Waals surface area contributed by atoms with Crippen LogP contribution in [0.5, 0.6) is 0 Å². The number of carbonyl (C=O) groups excluding carboxylic acids is 2. The Morgan fingerprint density at radius 1 is 0.781 bits per heavy atom. The van der Waals surface area contributed by atoms with E-state index in [2.05, 4.69) is 5.32 Å². The Balaban J connectivity index is 1.45. The molecule has 0 atom stereocenters. The van der Waals surface area contributed by atoms with Gasteiger partial charge in [0.25, 0.3) is 5.91 Å². The van der Waals surface area contributed by atoms with Crippen LogP contribution in [0, 0.1) is 0 Å². The second-order valence-electron chi connectivity index (χ2n) is 7.96. The summed E-state index contributed by atoms with van der Waals surface area (Å²) in [6, 6.07) is 26.9. The molecule has 164 valence electrons. The van der Waals surface area contributed by atoms with Gasteiger partial charge in [0, 0.05) is 13.1 Å². The van der Waals surface area contributed by atoms with E-state index in [1.165, 1.54) is 0 Å². The highest BCUT2D eigenvalue weighted by atomic mass is 16.5. The highest BCUT2D eigenvalue weighted by molar-refractivity contribution is 6.04. The topological polar surface area (TPSA) is 58.6 Å². The van der Waals surface area contributed by atoms with Gasteiger partial charge in [0.2, 0.25) is 5.91 Å². The van der Waals surface area contributed by atoms with E-state index in [-0.39, 0.29) is 24.5 Å². The van der Waals surface area contributed by atoms with Crippen LogP contribution in [0.1, 0.15) is 46.9 Å². The van der Waals surface area contributed by atoms with Gasteiger partial charge in [-0.2, -0.15) is 0 Å². The maximum absolute atomic E-state index is 13.0. The number of nitrogens with one attached hydrogen (secondary N) is 1. The van der Waals surface area contributed by atoms with Gasteiger partial charge in [0.15, 0.2) is 0 Å². The zero-order chi connectivity index (χ0) is 22.2. The highest BCUT2D eigenvalue weighted by Crippen LogP contribution is 2.26. The van der Waals surface area contributed by atoms with Crippen molar-refractivity contribution in [2.75, 3.05) is 25.0 Å². The van der Waals surface area contributed by atoms with E-state index < -0.39 is 0 Å². The van der Waals surface area contributed by atoms with Crippen LogP contribution in [0.25, 0.3) is 0 Å². The van der Waals surface area contributed by atoms with Crippen molar-refractivity contribution >= 4 is 17.5 Å². The Labute approximate surface area is 189 Å². The predicted octanol–water partition coefficient (Wildman–Crippen LogP) is 5.06. The molecule has 0 bridgehead atoms. The molecule has 0 spiro atoms. The lowest BCUT2D eigenvalue weighted by atomic mass is 10.0. The normalized spacial score (nSPS) is 13.7. The molecule has 1 aliphatic rings. The first-order valence-electron chi connectivity index (χ1n) is 11.1. The summed E-state index contributed by atoms with van der Waals surface area (Å²) in [6.45, 7) is 1.40. The van der Waals surface area contributed by atoms with Crippen LogP contribution in [0.3, 0.4) is 0 Å². The number of anilines is 1. The summed E-state index contributed by atoms with van der Waals surface area (Å²) in [5.74, 6) is -0.325. The molecular weight excluding hydrogens is 400 g/mol. The summed E-state index contributed by atoms with van der Waals surface area (Å²) in [4.78, 5) is 27.6. The molecule has 1 N–H and O–H groups in total. The summed E-state index contributed by atoms with van der Waals surface area (Å²) >= 11 is 0. The van der Waals surface area contributed by atoms with Gasteiger partial charge < -0.3 is 15.0 Å². The van der Waals surface area contributed by atoms with Crippen molar-refractivity contribution in [2.45, 2.75) is 25.4 Å². The third-order valence-corrected chi connectivity index (χ3v) is 5.66. The number of nitrogens with zero attached hydrogens (tertiary/aromatic N) is 1. The van der Waals surface area contributed by atoms with Gasteiger partial charge in [-0.1, -0.05) is 72.8 Å². The van der Waals surface area contributed by atoms with Gasteiger partial charge in [-0.3, -0.25) is 9.59 Å². The number of ether oxygens (including phenoxy) is 1. The Bertz CT molecular complexity index is 992. The van der Waals surface area contributed by atoms with E-state index in [1.807, 2.05) is 77.7 Å². The largest absolute Gasteiger partial charge is 0.359 e. The number of hydrogen-bond acceptors (Lipinski definition) is 3. The Hall–Kier alpha value is -3.44. The van der Waals surface area contributed by atoms with Crippen LogP contribution in [0.4, 0.5) is 5.69 Å². The molecule has 3 aromatic rings. The number of benzene rings is 3. The van der Waals surface area contributed by atoms with Crippen molar-refractivity contribution in [1.29, 1.82) is 0 Å². The van der Waals surface area contributed by atoms with Crippen LogP contribution < -0.4 is 5.32 Å². The van der Waals surface area contributed by atoms with E-state index in [4.69, 9.17) is 4.74 Å². The predicted molar refractivity (Wildman–Crippen MR) is 126 cm³/mol. The molecular formula is C27H28N2O3. The molecule has 0 aromatic heterocycles. The summed E-state index contributed by atoms with van der Waals surface area (Å²) in [7, 11) is 0. The standard InChI is InChI=1S/C27H28N2O3/c30-25(20-32-26(21-12-4-1-5-13-21)22-14-6-2-7-15-22)28-24-17-9-8-16-23(24)27(31)29-18-10-3-11-19-29/h1-2,4-9,12-17,26H,3,10-11,18-20H2,(H,28,30). The molecule has 1 aliphatic heterocycles. The first-order valence-corrected chi connectivity index (χ1v) is 11.1. The maximum Gasteiger partial charge on any atom is 0.255 e. The quantitative estimate of drug-likeness (QED) is 0.572. The fourth-order valence-corrected chi connectivity index (χ4v) is 4.03. The van der Waals surface area contributed by atoms with Crippen molar-refractivity contribution in [3.05, 3.63) is 102 Å². The molecule has 0 radical (unpaired) electrons. The fraction of sp³-hybridized carbons (Fsp3) is 0.259.